The molecular weight excluding hydrogens is 274 g/mol. The fraction of sp³-hybridized carbons (Fsp3) is 0.231. The van der Waals surface area contributed by atoms with E-state index in [4.69, 9.17) is 15.5 Å². The second kappa shape index (κ2) is 6.51. The van der Waals surface area contributed by atoms with Gasteiger partial charge in [-0.2, -0.15) is 4.98 Å². The van der Waals surface area contributed by atoms with Gasteiger partial charge in [0.05, 0.1) is 6.54 Å². The Labute approximate surface area is 120 Å². The predicted molar refractivity (Wildman–Crippen MR) is 73.5 cm³/mol. The number of oxime groups is 1. The van der Waals surface area contributed by atoms with E-state index in [2.05, 4.69) is 20.6 Å². The lowest BCUT2D eigenvalue weighted by Gasteiger charge is -2.15. The van der Waals surface area contributed by atoms with Crippen LogP contribution in [0.5, 0.6) is 0 Å². The van der Waals surface area contributed by atoms with Gasteiger partial charge in [0.15, 0.2) is 11.7 Å². The maximum atomic E-state index is 12.3. The Hall–Kier alpha value is -2.90. The average molecular weight is 289 g/mol. The Morgan fingerprint density at radius 3 is 2.76 bits per heavy atom. The second-order valence-electron chi connectivity index (χ2n) is 4.32. The number of hydrogen-bond donors (Lipinski definition) is 3. The fourth-order valence-corrected chi connectivity index (χ4v) is 1.84. The van der Waals surface area contributed by atoms with Gasteiger partial charge in [-0.1, -0.05) is 40.6 Å². The van der Waals surface area contributed by atoms with Crippen molar-refractivity contribution < 1.29 is 14.5 Å². The summed E-state index contributed by atoms with van der Waals surface area (Å²) in [6.45, 7) is 1.75. The Bertz CT molecular complexity index is 638. The maximum Gasteiger partial charge on any atom is 0.235 e. The van der Waals surface area contributed by atoms with Crippen molar-refractivity contribution in [2.75, 3.05) is 0 Å². The van der Waals surface area contributed by atoms with Crippen molar-refractivity contribution in [3.8, 4) is 0 Å². The number of hydrogen-bond acceptors (Lipinski definition) is 6. The van der Waals surface area contributed by atoms with E-state index in [0.29, 0.717) is 17.3 Å². The highest BCUT2D eigenvalue weighted by Crippen LogP contribution is 2.16. The Morgan fingerprint density at radius 1 is 1.48 bits per heavy atom. The zero-order valence-corrected chi connectivity index (χ0v) is 11.4. The number of carbonyl (C=O) groups is 1. The Balaban J connectivity index is 2.12. The molecule has 8 heteroatoms. The molecule has 0 aliphatic rings. The quantitative estimate of drug-likeness (QED) is 0.319. The SMILES string of the molecule is Cc1nc(CNC(=O)C(/C(N)=N/O)c2ccccc2)no1. The normalized spacial score (nSPS) is 12.9. The van der Waals surface area contributed by atoms with E-state index in [1.807, 2.05) is 6.07 Å². The minimum Gasteiger partial charge on any atom is -0.409 e. The molecule has 0 aliphatic carbocycles. The summed E-state index contributed by atoms with van der Waals surface area (Å²) in [6, 6.07) is 8.79. The largest absolute Gasteiger partial charge is 0.409 e. The third-order valence-electron chi connectivity index (χ3n) is 2.80. The standard InChI is InChI=1S/C13H15N5O3/c1-8-16-10(18-21-8)7-15-13(19)11(12(14)17-20)9-5-3-2-4-6-9/h2-6,11,20H,7H2,1H3,(H2,14,17)(H,15,19). The molecule has 1 heterocycles. The minimum atomic E-state index is -0.885. The predicted octanol–water partition coefficient (Wildman–Crippen LogP) is 0.524. The van der Waals surface area contributed by atoms with Crippen LogP contribution in [-0.2, 0) is 11.3 Å². The average Bonchev–Trinajstić information content (AvgIpc) is 2.92. The van der Waals surface area contributed by atoms with Crippen LogP contribution in [-0.4, -0.2) is 27.1 Å². The summed E-state index contributed by atoms with van der Waals surface area (Å²) in [7, 11) is 0. The molecule has 1 amide bonds. The summed E-state index contributed by atoms with van der Waals surface area (Å²) in [5.74, 6) is -0.728. The molecule has 21 heavy (non-hydrogen) atoms. The molecule has 0 bridgehead atoms. The number of nitrogens with two attached hydrogens (primary N) is 1. The van der Waals surface area contributed by atoms with Gasteiger partial charge in [-0.25, -0.2) is 0 Å². The molecule has 8 nitrogen and oxygen atoms in total. The van der Waals surface area contributed by atoms with Crippen LogP contribution < -0.4 is 11.1 Å². The first kappa shape index (κ1) is 14.5. The van der Waals surface area contributed by atoms with Crippen LogP contribution in [0, 0.1) is 6.92 Å². The van der Waals surface area contributed by atoms with Crippen molar-refractivity contribution >= 4 is 11.7 Å². The van der Waals surface area contributed by atoms with E-state index in [1.54, 1.807) is 31.2 Å². The van der Waals surface area contributed by atoms with E-state index < -0.39 is 11.8 Å². The monoisotopic (exact) mass is 289 g/mol. The molecule has 1 aromatic carbocycles. The lowest BCUT2D eigenvalue weighted by molar-refractivity contribution is -0.121. The van der Waals surface area contributed by atoms with Crippen LogP contribution in [0.2, 0.25) is 0 Å². The number of aryl methyl sites for hydroxylation is 1. The molecule has 110 valence electrons. The summed E-state index contributed by atoms with van der Waals surface area (Å²) in [5.41, 5.74) is 6.23. The third kappa shape index (κ3) is 3.56. The van der Waals surface area contributed by atoms with Gasteiger partial charge in [-0.15, -0.1) is 0 Å². The van der Waals surface area contributed by atoms with Crippen molar-refractivity contribution in [3.63, 3.8) is 0 Å². The van der Waals surface area contributed by atoms with Gasteiger partial charge in [0.1, 0.15) is 5.92 Å². The first-order valence-electron chi connectivity index (χ1n) is 6.21. The molecule has 0 saturated heterocycles. The zero-order valence-electron chi connectivity index (χ0n) is 11.4. The second-order valence-corrected chi connectivity index (χ2v) is 4.32. The van der Waals surface area contributed by atoms with Gasteiger partial charge in [-0.3, -0.25) is 4.79 Å². The van der Waals surface area contributed by atoms with Crippen LogP contribution in [0.15, 0.2) is 40.0 Å². The van der Waals surface area contributed by atoms with Crippen LogP contribution in [0.4, 0.5) is 0 Å². The zero-order chi connectivity index (χ0) is 15.2. The first-order chi connectivity index (χ1) is 10.1. The minimum absolute atomic E-state index is 0.0955. The highest BCUT2D eigenvalue weighted by atomic mass is 16.5. The van der Waals surface area contributed by atoms with Crippen LogP contribution >= 0.6 is 0 Å². The molecule has 1 unspecified atom stereocenters. The van der Waals surface area contributed by atoms with Crippen LogP contribution in [0.3, 0.4) is 0 Å². The first-order valence-corrected chi connectivity index (χ1v) is 6.21. The van der Waals surface area contributed by atoms with Gasteiger partial charge in [0.2, 0.25) is 11.8 Å². The van der Waals surface area contributed by atoms with E-state index in [0.717, 1.165) is 0 Å². The van der Waals surface area contributed by atoms with E-state index in [1.165, 1.54) is 0 Å². The van der Waals surface area contributed by atoms with Crippen LogP contribution in [0.1, 0.15) is 23.2 Å². The molecule has 0 spiro atoms. The third-order valence-corrected chi connectivity index (χ3v) is 2.80. The van der Waals surface area contributed by atoms with Gasteiger partial charge >= 0.3 is 0 Å². The highest BCUT2D eigenvalue weighted by Gasteiger charge is 2.25. The van der Waals surface area contributed by atoms with Crippen molar-refractivity contribution in [1.29, 1.82) is 0 Å². The van der Waals surface area contributed by atoms with E-state index in [9.17, 15) is 4.79 Å². The van der Waals surface area contributed by atoms with Gasteiger partial charge < -0.3 is 20.8 Å². The lowest BCUT2D eigenvalue weighted by Crippen LogP contribution is -2.37. The molecule has 0 aliphatic heterocycles. The number of amidine groups is 1. The highest BCUT2D eigenvalue weighted by molar-refractivity contribution is 6.07. The molecule has 0 radical (unpaired) electrons. The Morgan fingerprint density at radius 2 is 2.19 bits per heavy atom. The van der Waals surface area contributed by atoms with E-state index >= 15 is 0 Å². The summed E-state index contributed by atoms with van der Waals surface area (Å²) in [5, 5.41) is 18.1. The topological polar surface area (TPSA) is 127 Å². The van der Waals surface area contributed by atoms with Crippen molar-refractivity contribution in [2.24, 2.45) is 10.9 Å². The molecule has 4 N–H and O–H groups in total. The van der Waals surface area contributed by atoms with Gasteiger partial charge in [0, 0.05) is 6.92 Å². The number of carbonyl (C=O) groups excluding carboxylic acids is 1. The summed E-state index contributed by atoms with van der Waals surface area (Å²) in [4.78, 5) is 16.2. The molecule has 2 aromatic rings. The van der Waals surface area contributed by atoms with Crippen molar-refractivity contribution in [3.05, 3.63) is 47.6 Å². The smallest absolute Gasteiger partial charge is 0.235 e. The molecule has 2 rings (SSSR count). The van der Waals surface area contributed by atoms with Crippen molar-refractivity contribution in [1.82, 2.24) is 15.5 Å². The number of amides is 1. The number of rotatable bonds is 5. The number of benzene rings is 1. The number of aromatic nitrogens is 2. The maximum absolute atomic E-state index is 12.3. The lowest BCUT2D eigenvalue weighted by atomic mass is 9.97. The molecule has 0 saturated carbocycles. The summed E-state index contributed by atoms with van der Waals surface area (Å²) >= 11 is 0. The molecule has 1 atom stereocenters. The summed E-state index contributed by atoms with van der Waals surface area (Å²) < 4.78 is 4.81. The summed E-state index contributed by atoms with van der Waals surface area (Å²) in [6.07, 6.45) is 0. The fourth-order valence-electron chi connectivity index (χ4n) is 1.84. The van der Waals surface area contributed by atoms with Gasteiger partial charge in [0.25, 0.3) is 0 Å². The van der Waals surface area contributed by atoms with E-state index in [-0.39, 0.29) is 12.4 Å². The van der Waals surface area contributed by atoms with Gasteiger partial charge in [-0.05, 0) is 5.56 Å². The van der Waals surface area contributed by atoms with Crippen LogP contribution in [0.25, 0.3) is 0 Å². The number of nitrogens with one attached hydrogen (secondary N) is 1. The number of nitrogens with zero attached hydrogens (tertiary/aromatic N) is 3. The van der Waals surface area contributed by atoms with Crippen molar-refractivity contribution in [2.45, 2.75) is 19.4 Å². The Kier molecular flexibility index (Phi) is 4.50. The molecule has 0 fully saturated rings. The molecular formula is C13H15N5O3. The molecule has 1 aromatic heterocycles.